The molecule has 0 aliphatic carbocycles. The minimum atomic E-state index is -0.177. The van der Waals surface area contributed by atoms with E-state index >= 15 is 0 Å². The van der Waals surface area contributed by atoms with Gasteiger partial charge >= 0.3 is 0 Å². The number of rotatable bonds is 4. The fourth-order valence-electron chi connectivity index (χ4n) is 2.89. The molecule has 8 heteroatoms. The van der Waals surface area contributed by atoms with E-state index in [1.54, 1.807) is 42.3 Å². The predicted octanol–water partition coefficient (Wildman–Crippen LogP) is 3.51. The van der Waals surface area contributed by atoms with E-state index in [9.17, 15) is 4.79 Å². The van der Waals surface area contributed by atoms with Crippen LogP contribution < -0.4 is 9.64 Å². The van der Waals surface area contributed by atoms with Crippen LogP contribution >= 0.6 is 11.6 Å². The average Bonchev–Trinajstić information content (AvgIpc) is 3.34. The van der Waals surface area contributed by atoms with Gasteiger partial charge in [0.25, 0.3) is 5.89 Å². The van der Waals surface area contributed by atoms with Gasteiger partial charge in [-0.15, -0.1) is 0 Å². The maximum absolute atomic E-state index is 12.5. The van der Waals surface area contributed by atoms with Gasteiger partial charge in [-0.3, -0.25) is 4.79 Å². The van der Waals surface area contributed by atoms with Crippen LogP contribution in [0.3, 0.4) is 0 Å². The lowest BCUT2D eigenvalue weighted by molar-refractivity contribution is -0.117. The van der Waals surface area contributed by atoms with Crippen molar-refractivity contribution in [3.05, 3.63) is 47.4 Å². The number of nitrogens with zero attached hydrogens (tertiary/aromatic N) is 3. The minimum Gasteiger partial charge on any atom is -0.495 e. The number of carbonyl (C=O) groups excluding carboxylic acids is 1. The Morgan fingerprint density at radius 1 is 1.36 bits per heavy atom. The van der Waals surface area contributed by atoms with Crippen LogP contribution in [0.1, 0.15) is 18.2 Å². The Labute approximate surface area is 148 Å². The van der Waals surface area contributed by atoms with Gasteiger partial charge in [-0.1, -0.05) is 16.8 Å². The Kier molecular flexibility index (Phi) is 3.93. The molecular weight excluding hydrogens is 346 g/mol. The lowest BCUT2D eigenvalue weighted by Crippen LogP contribution is -2.24. The first-order valence-corrected chi connectivity index (χ1v) is 8.05. The van der Waals surface area contributed by atoms with Gasteiger partial charge in [0.15, 0.2) is 11.6 Å². The predicted molar refractivity (Wildman–Crippen MR) is 89.7 cm³/mol. The second kappa shape index (κ2) is 6.25. The third-order valence-electron chi connectivity index (χ3n) is 4.10. The zero-order valence-corrected chi connectivity index (χ0v) is 14.1. The first kappa shape index (κ1) is 15.7. The van der Waals surface area contributed by atoms with E-state index in [1.165, 1.54) is 6.26 Å². The molecular formula is C17H14ClN3O4. The molecule has 1 fully saturated rings. The van der Waals surface area contributed by atoms with Gasteiger partial charge < -0.3 is 18.6 Å². The monoisotopic (exact) mass is 359 g/mol. The summed E-state index contributed by atoms with van der Waals surface area (Å²) in [6, 6.07) is 8.65. The van der Waals surface area contributed by atoms with Crippen molar-refractivity contribution in [2.75, 3.05) is 18.6 Å². The lowest BCUT2D eigenvalue weighted by atomic mass is 10.1. The van der Waals surface area contributed by atoms with Gasteiger partial charge in [0.2, 0.25) is 5.91 Å². The first-order chi connectivity index (χ1) is 12.2. The number of hydrogen-bond donors (Lipinski definition) is 0. The minimum absolute atomic E-state index is 0.0464. The van der Waals surface area contributed by atoms with Crippen LogP contribution in [0.25, 0.3) is 11.7 Å². The fraction of sp³-hybridized carbons (Fsp3) is 0.235. The van der Waals surface area contributed by atoms with E-state index in [0.717, 1.165) is 0 Å². The van der Waals surface area contributed by atoms with E-state index in [1.807, 2.05) is 0 Å². The van der Waals surface area contributed by atoms with Crippen LogP contribution in [0.2, 0.25) is 5.02 Å². The molecule has 0 saturated carbocycles. The van der Waals surface area contributed by atoms with Gasteiger partial charge in [0, 0.05) is 23.9 Å². The number of hydrogen-bond acceptors (Lipinski definition) is 6. The van der Waals surface area contributed by atoms with Gasteiger partial charge in [-0.2, -0.15) is 4.98 Å². The van der Waals surface area contributed by atoms with Crippen molar-refractivity contribution in [2.45, 2.75) is 12.3 Å². The van der Waals surface area contributed by atoms with Crippen LogP contribution in [0, 0.1) is 0 Å². The van der Waals surface area contributed by atoms with Gasteiger partial charge in [-0.05, 0) is 30.3 Å². The van der Waals surface area contributed by atoms with Crippen molar-refractivity contribution < 1.29 is 18.5 Å². The molecule has 3 heterocycles. The Hall–Kier alpha value is -2.80. The molecule has 1 aliphatic rings. The number of anilines is 1. The number of amides is 1. The smallest absolute Gasteiger partial charge is 0.293 e. The topological polar surface area (TPSA) is 81.6 Å². The molecule has 7 nitrogen and oxygen atoms in total. The van der Waals surface area contributed by atoms with Crippen molar-refractivity contribution in [2.24, 2.45) is 0 Å². The molecule has 1 unspecified atom stereocenters. The van der Waals surface area contributed by atoms with Crippen LogP contribution in [0.15, 0.2) is 45.5 Å². The molecule has 0 spiro atoms. The van der Waals surface area contributed by atoms with E-state index in [4.69, 9.17) is 25.3 Å². The Morgan fingerprint density at radius 3 is 3.00 bits per heavy atom. The molecule has 0 bridgehead atoms. The van der Waals surface area contributed by atoms with E-state index in [-0.39, 0.29) is 18.2 Å². The third-order valence-corrected chi connectivity index (χ3v) is 4.33. The number of halogens is 1. The molecule has 0 N–H and O–H groups in total. The summed E-state index contributed by atoms with van der Waals surface area (Å²) in [7, 11) is 1.56. The molecule has 2 aromatic heterocycles. The van der Waals surface area contributed by atoms with Crippen LogP contribution in [0.4, 0.5) is 5.69 Å². The summed E-state index contributed by atoms with van der Waals surface area (Å²) in [5.41, 5.74) is 0.636. The van der Waals surface area contributed by atoms with Crippen LogP contribution in [-0.2, 0) is 4.79 Å². The molecule has 1 saturated heterocycles. The summed E-state index contributed by atoms with van der Waals surface area (Å²) in [4.78, 5) is 18.5. The number of furan rings is 1. The molecule has 1 amide bonds. The second-order valence-corrected chi connectivity index (χ2v) is 6.09. The summed E-state index contributed by atoms with van der Waals surface area (Å²) >= 11 is 6.07. The Morgan fingerprint density at radius 2 is 2.24 bits per heavy atom. The zero-order chi connectivity index (χ0) is 17.4. The van der Waals surface area contributed by atoms with E-state index < -0.39 is 0 Å². The normalized spacial score (nSPS) is 17.3. The number of aromatic nitrogens is 2. The van der Waals surface area contributed by atoms with Gasteiger partial charge in [-0.25, -0.2) is 0 Å². The molecule has 4 rings (SSSR count). The Balaban J connectivity index is 1.60. The molecule has 1 aromatic carbocycles. The van der Waals surface area contributed by atoms with Crippen LogP contribution in [0.5, 0.6) is 5.75 Å². The average molecular weight is 360 g/mol. The van der Waals surface area contributed by atoms with Crippen molar-refractivity contribution >= 4 is 23.2 Å². The van der Waals surface area contributed by atoms with Crippen molar-refractivity contribution in [3.63, 3.8) is 0 Å². The SMILES string of the molecule is COc1ccc(Cl)cc1N1CC(c2noc(-c3ccco3)n2)CC1=O. The third kappa shape index (κ3) is 2.87. The summed E-state index contributed by atoms with van der Waals surface area (Å²) in [6.07, 6.45) is 1.82. The number of methoxy groups -OCH3 is 1. The highest BCUT2D eigenvalue weighted by Crippen LogP contribution is 2.37. The van der Waals surface area contributed by atoms with E-state index in [0.29, 0.717) is 40.5 Å². The highest BCUT2D eigenvalue weighted by molar-refractivity contribution is 6.31. The summed E-state index contributed by atoms with van der Waals surface area (Å²) in [5.74, 6) is 1.63. The summed E-state index contributed by atoms with van der Waals surface area (Å²) < 4.78 is 15.8. The Bertz CT molecular complexity index is 907. The van der Waals surface area contributed by atoms with Gasteiger partial charge in [0.1, 0.15) is 5.75 Å². The quantitative estimate of drug-likeness (QED) is 0.709. The van der Waals surface area contributed by atoms with E-state index in [2.05, 4.69) is 10.1 Å². The molecule has 1 aliphatic heterocycles. The lowest BCUT2D eigenvalue weighted by Gasteiger charge is -2.19. The van der Waals surface area contributed by atoms with Gasteiger partial charge in [0.05, 0.1) is 19.1 Å². The zero-order valence-electron chi connectivity index (χ0n) is 13.3. The number of ether oxygens (including phenoxy) is 1. The molecule has 0 radical (unpaired) electrons. The summed E-state index contributed by atoms with van der Waals surface area (Å²) in [5, 5.41) is 4.53. The highest BCUT2D eigenvalue weighted by Gasteiger charge is 2.36. The maximum atomic E-state index is 12.5. The number of benzene rings is 1. The first-order valence-electron chi connectivity index (χ1n) is 7.67. The fourth-order valence-corrected chi connectivity index (χ4v) is 3.05. The molecule has 3 aromatic rings. The van der Waals surface area contributed by atoms with Crippen molar-refractivity contribution in [1.29, 1.82) is 0 Å². The summed E-state index contributed by atoms with van der Waals surface area (Å²) in [6.45, 7) is 0.423. The number of carbonyl (C=O) groups is 1. The molecule has 1 atom stereocenters. The molecule has 128 valence electrons. The van der Waals surface area contributed by atoms with Crippen molar-refractivity contribution in [1.82, 2.24) is 10.1 Å². The largest absolute Gasteiger partial charge is 0.495 e. The molecule has 25 heavy (non-hydrogen) atoms. The second-order valence-electron chi connectivity index (χ2n) is 5.66. The standard InChI is InChI=1S/C17H14ClN3O4/c1-23-13-5-4-11(18)8-12(13)21-9-10(7-15(21)22)16-19-17(25-20-16)14-3-2-6-24-14/h2-6,8,10H,7,9H2,1H3. The van der Waals surface area contributed by atoms with Crippen LogP contribution in [-0.4, -0.2) is 29.7 Å². The van der Waals surface area contributed by atoms with Crippen molar-refractivity contribution in [3.8, 4) is 17.4 Å². The highest BCUT2D eigenvalue weighted by atomic mass is 35.5. The maximum Gasteiger partial charge on any atom is 0.293 e.